The number of nitriles is 1. The summed E-state index contributed by atoms with van der Waals surface area (Å²) in [5.74, 6) is 2.08. The van der Waals surface area contributed by atoms with Crippen molar-refractivity contribution in [2.24, 2.45) is 5.92 Å². The maximum absolute atomic E-state index is 11.9. The van der Waals surface area contributed by atoms with Gasteiger partial charge in [-0.2, -0.15) is 5.26 Å². The van der Waals surface area contributed by atoms with Crippen LogP contribution in [0.3, 0.4) is 0 Å². The number of hydrogen-bond acceptors (Lipinski definition) is 5. The minimum absolute atomic E-state index is 0.196. The highest BCUT2D eigenvalue weighted by molar-refractivity contribution is 5.95. The van der Waals surface area contributed by atoms with Gasteiger partial charge in [-0.15, -0.1) is 0 Å². The van der Waals surface area contributed by atoms with E-state index in [0.29, 0.717) is 23.8 Å². The first-order valence-corrected chi connectivity index (χ1v) is 11.8. The van der Waals surface area contributed by atoms with E-state index < -0.39 is 6.09 Å². The standard InChI is InChI=1S/C27H27N5O3/c1-17(2)35-27(33)31-20-7-5-19(6-8-20)26-23(14-28)22-10-9-21(34-16-25-29-11-12-30-25)13-24(22)32(26)15-18-3-4-18/h5-13,17-18H,3-4,15-16H2,1-2H3,(H,29,30)(H,31,33). The van der Waals surface area contributed by atoms with Gasteiger partial charge in [0.2, 0.25) is 0 Å². The largest absolute Gasteiger partial charge is 0.486 e. The van der Waals surface area contributed by atoms with Crippen molar-refractivity contribution >= 4 is 22.7 Å². The zero-order valence-corrected chi connectivity index (χ0v) is 19.7. The van der Waals surface area contributed by atoms with Crippen LogP contribution in [0.25, 0.3) is 22.2 Å². The molecule has 0 spiro atoms. The molecule has 2 aromatic heterocycles. The molecule has 2 N–H and O–H groups in total. The van der Waals surface area contributed by atoms with Crippen molar-refractivity contribution in [1.29, 1.82) is 5.26 Å². The van der Waals surface area contributed by atoms with Crippen molar-refractivity contribution < 1.29 is 14.3 Å². The van der Waals surface area contributed by atoms with Gasteiger partial charge in [-0.05, 0) is 62.4 Å². The molecule has 4 aromatic rings. The Morgan fingerprint density at radius 2 is 2.06 bits per heavy atom. The van der Waals surface area contributed by atoms with Gasteiger partial charge in [0.05, 0.1) is 22.9 Å². The lowest BCUT2D eigenvalue weighted by Gasteiger charge is -2.13. The predicted octanol–water partition coefficient (Wildman–Crippen LogP) is 5.85. The molecule has 1 amide bonds. The van der Waals surface area contributed by atoms with E-state index in [1.54, 1.807) is 26.2 Å². The second-order valence-corrected chi connectivity index (χ2v) is 9.05. The first kappa shape index (κ1) is 22.5. The number of aromatic amines is 1. The van der Waals surface area contributed by atoms with Gasteiger partial charge >= 0.3 is 6.09 Å². The number of imidazole rings is 1. The van der Waals surface area contributed by atoms with E-state index in [2.05, 4.69) is 25.9 Å². The number of hydrogen-bond donors (Lipinski definition) is 2. The van der Waals surface area contributed by atoms with Gasteiger partial charge in [0.25, 0.3) is 0 Å². The Labute approximate surface area is 203 Å². The Kier molecular flexibility index (Phi) is 6.15. The van der Waals surface area contributed by atoms with Crippen molar-refractivity contribution in [3.63, 3.8) is 0 Å². The third kappa shape index (κ3) is 4.99. The molecule has 178 valence electrons. The van der Waals surface area contributed by atoms with E-state index in [-0.39, 0.29) is 6.10 Å². The average Bonchev–Trinajstić information content (AvgIpc) is 3.40. The number of amides is 1. The smallest absolute Gasteiger partial charge is 0.411 e. The van der Waals surface area contributed by atoms with Crippen molar-refractivity contribution in [1.82, 2.24) is 14.5 Å². The highest BCUT2D eigenvalue weighted by Gasteiger charge is 2.26. The van der Waals surface area contributed by atoms with Crippen molar-refractivity contribution in [2.75, 3.05) is 5.32 Å². The number of anilines is 1. The number of nitrogens with zero attached hydrogens (tertiary/aromatic N) is 3. The van der Waals surface area contributed by atoms with Gasteiger partial charge in [-0.25, -0.2) is 9.78 Å². The van der Waals surface area contributed by atoms with Crippen LogP contribution >= 0.6 is 0 Å². The molecule has 1 saturated carbocycles. The van der Waals surface area contributed by atoms with E-state index in [1.165, 1.54) is 12.8 Å². The van der Waals surface area contributed by atoms with Crippen LogP contribution in [-0.4, -0.2) is 26.7 Å². The normalized spacial score (nSPS) is 13.1. The molecule has 0 unspecified atom stereocenters. The van der Waals surface area contributed by atoms with Crippen LogP contribution in [0.1, 0.15) is 38.1 Å². The first-order chi connectivity index (χ1) is 17.0. The van der Waals surface area contributed by atoms with Crippen LogP contribution in [0, 0.1) is 17.2 Å². The van der Waals surface area contributed by atoms with E-state index in [0.717, 1.165) is 40.3 Å². The molecule has 0 bridgehead atoms. The fraction of sp³-hybridized carbons (Fsp3) is 0.296. The molecule has 35 heavy (non-hydrogen) atoms. The first-order valence-electron chi connectivity index (χ1n) is 11.8. The van der Waals surface area contributed by atoms with Crippen LogP contribution in [-0.2, 0) is 17.9 Å². The third-order valence-electron chi connectivity index (χ3n) is 5.96. The summed E-state index contributed by atoms with van der Waals surface area (Å²) in [5.41, 5.74) is 4.05. The maximum atomic E-state index is 11.9. The van der Waals surface area contributed by atoms with Crippen molar-refractivity contribution in [3.05, 3.63) is 66.2 Å². The average molecular weight is 470 g/mol. The lowest BCUT2D eigenvalue weighted by molar-refractivity contribution is 0.130. The zero-order valence-electron chi connectivity index (χ0n) is 19.7. The zero-order chi connectivity index (χ0) is 24.4. The topological polar surface area (TPSA) is 105 Å². The second-order valence-electron chi connectivity index (χ2n) is 9.05. The molecule has 1 fully saturated rings. The molecule has 8 nitrogen and oxygen atoms in total. The summed E-state index contributed by atoms with van der Waals surface area (Å²) in [4.78, 5) is 19.2. The van der Waals surface area contributed by atoms with Gasteiger partial charge in [0, 0.05) is 36.1 Å². The predicted molar refractivity (Wildman–Crippen MR) is 133 cm³/mol. The summed E-state index contributed by atoms with van der Waals surface area (Å²) in [6.07, 6.45) is 5.16. The summed E-state index contributed by atoms with van der Waals surface area (Å²) in [6, 6.07) is 15.8. The molecule has 0 saturated heterocycles. The number of aromatic nitrogens is 3. The summed E-state index contributed by atoms with van der Waals surface area (Å²) in [6.45, 7) is 4.79. The number of nitrogens with one attached hydrogen (secondary N) is 2. The molecule has 0 radical (unpaired) electrons. The van der Waals surface area contributed by atoms with Crippen LogP contribution in [0.2, 0.25) is 0 Å². The Morgan fingerprint density at radius 1 is 1.26 bits per heavy atom. The van der Waals surface area contributed by atoms with E-state index in [4.69, 9.17) is 9.47 Å². The van der Waals surface area contributed by atoms with Crippen LogP contribution in [0.15, 0.2) is 54.9 Å². The molecule has 2 aromatic carbocycles. The van der Waals surface area contributed by atoms with E-state index in [1.807, 2.05) is 42.5 Å². The number of carbonyl (C=O) groups excluding carboxylic acids is 1. The minimum Gasteiger partial charge on any atom is -0.486 e. The highest BCUT2D eigenvalue weighted by Crippen LogP contribution is 2.39. The van der Waals surface area contributed by atoms with Gasteiger partial charge in [-0.1, -0.05) is 12.1 Å². The molecule has 1 aliphatic carbocycles. The number of carbonyl (C=O) groups is 1. The Balaban J connectivity index is 1.50. The maximum Gasteiger partial charge on any atom is 0.411 e. The fourth-order valence-electron chi connectivity index (χ4n) is 4.18. The molecule has 5 rings (SSSR count). The molecular weight excluding hydrogens is 442 g/mol. The summed E-state index contributed by atoms with van der Waals surface area (Å²) < 4.78 is 13.4. The Bertz CT molecular complexity index is 1380. The highest BCUT2D eigenvalue weighted by atomic mass is 16.6. The quantitative estimate of drug-likeness (QED) is 0.337. The van der Waals surface area contributed by atoms with Crippen molar-refractivity contribution in [2.45, 2.75) is 45.9 Å². The van der Waals surface area contributed by atoms with Crippen LogP contribution in [0.4, 0.5) is 10.5 Å². The number of ether oxygens (including phenoxy) is 2. The summed E-state index contributed by atoms with van der Waals surface area (Å²) in [5, 5.41) is 13.8. The van der Waals surface area contributed by atoms with Crippen LogP contribution < -0.4 is 10.1 Å². The lowest BCUT2D eigenvalue weighted by Crippen LogP contribution is -2.17. The number of benzene rings is 2. The molecule has 2 heterocycles. The van der Waals surface area contributed by atoms with E-state index in [9.17, 15) is 10.1 Å². The molecule has 1 aliphatic rings. The minimum atomic E-state index is -0.490. The van der Waals surface area contributed by atoms with E-state index >= 15 is 0 Å². The summed E-state index contributed by atoms with van der Waals surface area (Å²) in [7, 11) is 0. The van der Waals surface area contributed by atoms with Gasteiger partial charge < -0.3 is 19.0 Å². The van der Waals surface area contributed by atoms with Gasteiger partial charge in [0.1, 0.15) is 24.3 Å². The SMILES string of the molecule is CC(C)OC(=O)Nc1ccc(-c2c(C#N)c3ccc(OCc4ncc[nH]4)cc3n2CC2CC2)cc1. The molecule has 0 atom stereocenters. The fourth-order valence-corrected chi connectivity index (χ4v) is 4.18. The molecule has 8 heteroatoms. The molecule has 0 aliphatic heterocycles. The monoisotopic (exact) mass is 469 g/mol. The Morgan fingerprint density at radius 3 is 2.71 bits per heavy atom. The third-order valence-corrected chi connectivity index (χ3v) is 5.96. The Hall–Kier alpha value is -4.25. The number of H-pyrrole nitrogens is 1. The summed E-state index contributed by atoms with van der Waals surface area (Å²) >= 11 is 0. The molecular formula is C27H27N5O3. The number of fused-ring (bicyclic) bond motifs is 1. The van der Waals surface area contributed by atoms with Crippen LogP contribution in [0.5, 0.6) is 5.75 Å². The van der Waals surface area contributed by atoms with Crippen molar-refractivity contribution in [3.8, 4) is 23.1 Å². The van der Waals surface area contributed by atoms with Gasteiger partial charge in [0.15, 0.2) is 0 Å². The number of rotatable bonds is 8. The van der Waals surface area contributed by atoms with Gasteiger partial charge in [-0.3, -0.25) is 5.32 Å². The second kappa shape index (κ2) is 9.55. The lowest BCUT2D eigenvalue weighted by atomic mass is 10.1.